The number of hydrogen-bond acceptors (Lipinski definition) is 1. The molecule has 0 aliphatic carbocycles. The molecule has 3 heteroatoms. The van der Waals surface area contributed by atoms with Gasteiger partial charge in [-0.1, -0.05) is 25.1 Å². The molecule has 0 bridgehead atoms. The van der Waals surface area contributed by atoms with Crippen molar-refractivity contribution in [3.63, 3.8) is 0 Å². The first-order valence-electron chi connectivity index (χ1n) is 5.82. The highest BCUT2D eigenvalue weighted by Gasteiger charge is 2.19. The Labute approximate surface area is 104 Å². The van der Waals surface area contributed by atoms with Gasteiger partial charge in [0.25, 0.3) is 0 Å². The number of para-hydroxylation sites is 1. The van der Waals surface area contributed by atoms with Crippen LogP contribution in [0.15, 0.2) is 22.7 Å². The Morgan fingerprint density at radius 2 is 2.31 bits per heavy atom. The van der Waals surface area contributed by atoms with Gasteiger partial charge in [-0.2, -0.15) is 0 Å². The van der Waals surface area contributed by atoms with Crippen LogP contribution in [0.5, 0.6) is 0 Å². The van der Waals surface area contributed by atoms with Crippen molar-refractivity contribution in [3.8, 4) is 0 Å². The summed E-state index contributed by atoms with van der Waals surface area (Å²) < 4.78 is 3.74. The lowest BCUT2D eigenvalue weighted by Gasteiger charge is -2.18. The minimum absolute atomic E-state index is 0.971. The highest BCUT2D eigenvalue weighted by Crippen LogP contribution is 2.34. The first-order valence-corrected chi connectivity index (χ1v) is 6.61. The van der Waals surface area contributed by atoms with Gasteiger partial charge in [0.05, 0.1) is 5.52 Å². The molecule has 1 N–H and O–H groups in total. The quantitative estimate of drug-likeness (QED) is 0.849. The second-order valence-electron chi connectivity index (χ2n) is 4.26. The Morgan fingerprint density at radius 3 is 3.12 bits per heavy atom. The SMILES string of the molecule is CCc1cccc2c(Br)c3n(c12)CCNC3. The minimum atomic E-state index is 0.971. The van der Waals surface area contributed by atoms with Crippen LogP contribution in [0.2, 0.25) is 0 Å². The average Bonchev–Trinajstić information content (AvgIpc) is 2.64. The zero-order chi connectivity index (χ0) is 11.1. The number of aryl methyl sites for hydroxylation is 1. The molecule has 2 aromatic rings. The molecule has 16 heavy (non-hydrogen) atoms. The summed E-state index contributed by atoms with van der Waals surface area (Å²) in [5, 5.41) is 4.79. The van der Waals surface area contributed by atoms with Crippen LogP contribution in [0.4, 0.5) is 0 Å². The van der Waals surface area contributed by atoms with Crippen molar-refractivity contribution in [2.75, 3.05) is 6.54 Å². The normalized spacial score (nSPS) is 15.4. The summed E-state index contributed by atoms with van der Waals surface area (Å²) >= 11 is 3.74. The van der Waals surface area contributed by atoms with Gasteiger partial charge in [0.1, 0.15) is 0 Å². The number of hydrogen-bond donors (Lipinski definition) is 1. The second-order valence-corrected chi connectivity index (χ2v) is 5.05. The summed E-state index contributed by atoms with van der Waals surface area (Å²) in [4.78, 5) is 0. The second kappa shape index (κ2) is 3.90. The summed E-state index contributed by atoms with van der Waals surface area (Å²) in [6.07, 6.45) is 1.10. The number of benzene rings is 1. The van der Waals surface area contributed by atoms with Gasteiger partial charge in [0.2, 0.25) is 0 Å². The van der Waals surface area contributed by atoms with Gasteiger partial charge in [-0.3, -0.25) is 0 Å². The van der Waals surface area contributed by atoms with Crippen molar-refractivity contribution in [2.45, 2.75) is 26.4 Å². The van der Waals surface area contributed by atoms with Crippen molar-refractivity contribution in [1.82, 2.24) is 9.88 Å². The van der Waals surface area contributed by atoms with Crippen LogP contribution in [0.1, 0.15) is 18.2 Å². The van der Waals surface area contributed by atoms with Crippen LogP contribution in [0.25, 0.3) is 10.9 Å². The standard InChI is InChI=1S/C13H15BrN2/c1-2-9-4-3-5-10-12(14)11-8-15-6-7-16(11)13(9)10/h3-5,15H,2,6-8H2,1H3. The minimum Gasteiger partial charge on any atom is -0.341 e. The maximum absolute atomic E-state index is 3.74. The van der Waals surface area contributed by atoms with Crippen LogP contribution in [0.3, 0.4) is 0 Å². The van der Waals surface area contributed by atoms with E-state index >= 15 is 0 Å². The molecule has 0 atom stereocenters. The van der Waals surface area contributed by atoms with Crippen molar-refractivity contribution in [1.29, 1.82) is 0 Å². The summed E-state index contributed by atoms with van der Waals surface area (Å²) in [6, 6.07) is 6.61. The maximum Gasteiger partial charge on any atom is 0.0527 e. The largest absolute Gasteiger partial charge is 0.341 e. The lowest BCUT2D eigenvalue weighted by molar-refractivity contribution is 0.524. The summed E-state index contributed by atoms with van der Waals surface area (Å²) in [6.45, 7) is 5.35. The fraction of sp³-hybridized carbons (Fsp3) is 0.385. The Morgan fingerprint density at radius 1 is 1.44 bits per heavy atom. The van der Waals surface area contributed by atoms with Gasteiger partial charge in [-0.25, -0.2) is 0 Å². The molecule has 1 aliphatic rings. The molecule has 0 saturated carbocycles. The molecule has 0 saturated heterocycles. The number of fused-ring (bicyclic) bond motifs is 3. The van der Waals surface area contributed by atoms with Crippen LogP contribution in [-0.2, 0) is 19.5 Å². The summed E-state index contributed by atoms with van der Waals surface area (Å²) in [7, 11) is 0. The van der Waals surface area contributed by atoms with E-state index in [1.807, 2.05) is 0 Å². The molecular weight excluding hydrogens is 264 g/mol. The molecule has 1 aliphatic heterocycles. The summed E-state index contributed by atoms with van der Waals surface area (Å²) in [5.74, 6) is 0. The smallest absolute Gasteiger partial charge is 0.0527 e. The monoisotopic (exact) mass is 278 g/mol. The zero-order valence-corrected chi connectivity index (χ0v) is 11.0. The number of halogens is 1. The van der Waals surface area contributed by atoms with E-state index in [-0.39, 0.29) is 0 Å². The lowest BCUT2D eigenvalue weighted by Crippen LogP contribution is -2.27. The average molecular weight is 279 g/mol. The van der Waals surface area contributed by atoms with E-state index in [0.29, 0.717) is 0 Å². The van der Waals surface area contributed by atoms with E-state index in [0.717, 1.165) is 26.1 Å². The van der Waals surface area contributed by atoms with E-state index in [1.165, 1.54) is 26.6 Å². The molecule has 3 rings (SSSR count). The molecule has 0 unspecified atom stereocenters. The Hall–Kier alpha value is -0.800. The predicted molar refractivity (Wildman–Crippen MR) is 70.7 cm³/mol. The van der Waals surface area contributed by atoms with Crippen LogP contribution in [0, 0.1) is 0 Å². The fourth-order valence-corrected chi connectivity index (χ4v) is 3.27. The highest BCUT2D eigenvalue weighted by atomic mass is 79.9. The highest BCUT2D eigenvalue weighted by molar-refractivity contribution is 9.10. The molecule has 2 heterocycles. The van der Waals surface area contributed by atoms with E-state index in [1.54, 1.807) is 0 Å². The van der Waals surface area contributed by atoms with Crippen molar-refractivity contribution >= 4 is 26.8 Å². The fourth-order valence-electron chi connectivity index (χ4n) is 2.60. The number of nitrogens with one attached hydrogen (secondary N) is 1. The van der Waals surface area contributed by atoms with Gasteiger partial charge in [-0.05, 0) is 27.9 Å². The predicted octanol–water partition coefficient (Wildman–Crippen LogP) is 3.07. The molecule has 0 spiro atoms. The third-order valence-corrected chi connectivity index (χ3v) is 4.28. The van der Waals surface area contributed by atoms with Crippen LogP contribution < -0.4 is 5.32 Å². The Kier molecular flexibility index (Phi) is 2.52. The van der Waals surface area contributed by atoms with Crippen LogP contribution in [-0.4, -0.2) is 11.1 Å². The Bertz CT molecular complexity index is 542. The van der Waals surface area contributed by atoms with Crippen molar-refractivity contribution < 1.29 is 0 Å². The first-order chi connectivity index (χ1) is 7.83. The molecule has 0 amide bonds. The first kappa shape index (κ1) is 10.4. The van der Waals surface area contributed by atoms with Gasteiger partial charge >= 0.3 is 0 Å². The van der Waals surface area contributed by atoms with Crippen molar-refractivity contribution in [3.05, 3.63) is 33.9 Å². The van der Waals surface area contributed by atoms with Gasteiger partial charge in [0, 0.05) is 35.2 Å². The van der Waals surface area contributed by atoms with E-state index in [9.17, 15) is 0 Å². The number of rotatable bonds is 1. The molecule has 0 radical (unpaired) electrons. The number of nitrogens with zero attached hydrogens (tertiary/aromatic N) is 1. The van der Waals surface area contributed by atoms with E-state index in [2.05, 4.69) is 50.9 Å². The number of aromatic nitrogens is 1. The van der Waals surface area contributed by atoms with Gasteiger partial charge < -0.3 is 9.88 Å². The molecular formula is C13H15BrN2. The zero-order valence-electron chi connectivity index (χ0n) is 9.39. The molecule has 84 valence electrons. The maximum atomic E-state index is 3.74. The molecule has 1 aromatic heterocycles. The third kappa shape index (κ3) is 1.35. The third-order valence-electron chi connectivity index (χ3n) is 3.39. The topological polar surface area (TPSA) is 17.0 Å². The molecule has 1 aromatic carbocycles. The van der Waals surface area contributed by atoms with E-state index in [4.69, 9.17) is 0 Å². The lowest BCUT2D eigenvalue weighted by atomic mass is 10.1. The van der Waals surface area contributed by atoms with Crippen molar-refractivity contribution in [2.24, 2.45) is 0 Å². The van der Waals surface area contributed by atoms with Crippen LogP contribution >= 0.6 is 15.9 Å². The summed E-state index contributed by atoms with van der Waals surface area (Å²) in [5.41, 5.74) is 4.27. The van der Waals surface area contributed by atoms with Gasteiger partial charge in [0.15, 0.2) is 0 Å². The van der Waals surface area contributed by atoms with E-state index < -0.39 is 0 Å². The molecule has 2 nitrogen and oxygen atoms in total. The van der Waals surface area contributed by atoms with Gasteiger partial charge in [-0.15, -0.1) is 0 Å². The Balaban J connectivity index is 2.40. The molecule has 0 fully saturated rings.